The minimum absolute atomic E-state index is 0.111. The van der Waals surface area contributed by atoms with Crippen LogP contribution >= 0.6 is 0 Å². The second kappa shape index (κ2) is 9.06. The molecule has 2 aromatic carbocycles. The van der Waals surface area contributed by atoms with E-state index in [2.05, 4.69) is 4.98 Å². The predicted octanol–water partition coefficient (Wildman–Crippen LogP) is 4.72. The highest BCUT2D eigenvalue weighted by molar-refractivity contribution is 6.07. The molecule has 0 unspecified atom stereocenters. The summed E-state index contributed by atoms with van der Waals surface area (Å²) in [6.07, 6.45) is 5.87. The Labute approximate surface area is 169 Å². The van der Waals surface area contributed by atoms with Gasteiger partial charge in [-0.2, -0.15) is 0 Å². The third kappa shape index (κ3) is 4.82. The largest absolute Gasteiger partial charge is 0.490 e. The van der Waals surface area contributed by atoms with Crippen LogP contribution in [0.15, 0.2) is 72.9 Å². The molecule has 4 rings (SSSR count). The Bertz CT molecular complexity index is 1010. The summed E-state index contributed by atoms with van der Waals surface area (Å²) in [4.78, 5) is 16.9. The minimum atomic E-state index is -0.111. The normalized spacial score (nSPS) is 13.1. The Morgan fingerprint density at radius 3 is 2.69 bits per heavy atom. The Morgan fingerprint density at radius 1 is 1.00 bits per heavy atom. The summed E-state index contributed by atoms with van der Waals surface area (Å²) in [6.45, 7) is 1.57. The Balaban J connectivity index is 1.47. The molecule has 0 bridgehead atoms. The van der Waals surface area contributed by atoms with Gasteiger partial charge in [0.2, 0.25) is 0 Å². The molecular formula is C24H21NO4. The highest BCUT2D eigenvalue weighted by Gasteiger charge is 2.13. The lowest BCUT2D eigenvalue weighted by molar-refractivity contribution is 0.104. The van der Waals surface area contributed by atoms with E-state index in [-0.39, 0.29) is 5.78 Å². The number of pyridine rings is 1. The van der Waals surface area contributed by atoms with Crippen LogP contribution in [0.2, 0.25) is 0 Å². The number of hydrogen-bond acceptors (Lipinski definition) is 5. The number of carbonyl (C=O) groups excluding carboxylic acids is 1. The van der Waals surface area contributed by atoms with Crippen LogP contribution in [-0.2, 0) is 6.61 Å². The van der Waals surface area contributed by atoms with Crippen LogP contribution in [0.5, 0.6) is 17.2 Å². The monoisotopic (exact) mass is 387 g/mol. The van der Waals surface area contributed by atoms with Gasteiger partial charge in [-0.3, -0.25) is 9.78 Å². The van der Waals surface area contributed by atoms with Gasteiger partial charge in [0.25, 0.3) is 0 Å². The third-order valence-corrected chi connectivity index (χ3v) is 4.47. The fraction of sp³-hybridized carbons (Fsp3) is 0.167. The zero-order valence-corrected chi connectivity index (χ0v) is 15.9. The summed E-state index contributed by atoms with van der Waals surface area (Å²) < 4.78 is 17.2. The molecule has 5 nitrogen and oxygen atoms in total. The number of para-hydroxylation sites is 1. The topological polar surface area (TPSA) is 57.7 Å². The lowest BCUT2D eigenvalue weighted by Crippen LogP contribution is -1.99. The van der Waals surface area contributed by atoms with Gasteiger partial charge in [-0.15, -0.1) is 0 Å². The van der Waals surface area contributed by atoms with Gasteiger partial charge < -0.3 is 14.2 Å². The highest BCUT2D eigenvalue weighted by Crippen LogP contribution is 2.30. The first-order valence-corrected chi connectivity index (χ1v) is 9.53. The minimum Gasteiger partial charge on any atom is -0.490 e. The number of allylic oxidation sites excluding steroid dienone is 1. The number of benzene rings is 2. The van der Waals surface area contributed by atoms with Crippen molar-refractivity contribution in [1.29, 1.82) is 0 Å². The number of ether oxygens (including phenoxy) is 3. The molecule has 146 valence electrons. The zero-order chi connectivity index (χ0) is 19.9. The molecule has 0 spiro atoms. The maximum atomic E-state index is 12.6. The van der Waals surface area contributed by atoms with Gasteiger partial charge in [0, 0.05) is 23.7 Å². The molecule has 1 aliphatic rings. The van der Waals surface area contributed by atoms with E-state index in [0.29, 0.717) is 42.6 Å². The van der Waals surface area contributed by atoms with Crippen molar-refractivity contribution in [2.24, 2.45) is 0 Å². The van der Waals surface area contributed by atoms with E-state index in [0.717, 1.165) is 17.7 Å². The summed E-state index contributed by atoms with van der Waals surface area (Å²) in [5.74, 6) is 1.87. The van der Waals surface area contributed by atoms with Crippen molar-refractivity contribution >= 4 is 11.9 Å². The average molecular weight is 387 g/mol. The van der Waals surface area contributed by atoms with Crippen molar-refractivity contribution in [1.82, 2.24) is 4.98 Å². The molecule has 0 saturated carbocycles. The smallest absolute Gasteiger partial charge is 0.185 e. The first kappa shape index (κ1) is 18.7. The van der Waals surface area contributed by atoms with Gasteiger partial charge in [0.15, 0.2) is 17.3 Å². The Kier molecular flexibility index (Phi) is 5.86. The van der Waals surface area contributed by atoms with Gasteiger partial charge in [-0.25, -0.2) is 0 Å². The van der Waals surface area contributed by atoms with Crippen LogP contribution in [0.25, 0.3) is 6.08 Å². The van der Waals surface area contributed by atoms with Gasteiger partial charge in [-0.05, 0) is 48.6 Å². The molecule has 0 amide bonds. The molecule has 1 aromatic heterocycles. The van der Waals surface area contributed by atoms with Gasteiger partial charge in [0.1, 0.15) is 12.4 Å². The van der Waals surface area contributed by atoms with Crippen LogP contribution in [0.4, 0.5) is 0 Å². The number of fused-ring (bicyclic) bond motifs is 1. The van der Waals surface area contributed by atoms with Crippen molar-refractivity contribution < 1.29 is 19.0 Å². The van der Waals surface area contributed by atoms with Crippen molar-refractivity contribution in [3.05, 3.63) is 89.8 Å². The maximum absolute atomic E-state index is 12.6. The molecule has 1 aliphatic heterocycles. The average Bonchev–Trinajstić information content (AvgIpc) is 3.02. The molecule has 0 fully saturated rings. The summed E-state index contributed by atoms with van der Waals surface area (Å²) in [7, 11) is 0. The second-order valence-corrected chi connectivity index (χ2v) is 6.56. The molecule has 0 atom stereocenters. The van der Waals surface area contributed by atoms with E-state index >= 15 is 0 Å². The lowest BCUT2D eigenvalue weighted by Gasteiger charge is -2.09. The quantitative estimate of drug-likeness (QED) is 0.453. The summed E-state index contributed by atoms with van der Waals surface area (Å²) in [5.41, 5.74) is 2.22. The Morgan fingerprint density at radius 2 is 1.83 bits per heavy atom. The number of rotatable bonds is 6. The van der Waals surface area contributed by atoms with Crippen molar-refractivity contribution in [2.45, 2.75) is 13.0 Å². The fourth-order valence-electron chi connectivity index (χ4n) is 2.96. The first-order valence-electron chi connectivity index (χ1n) is 9.53. The molecule has 29 heavy (non-hydrogen) atoms. The van der Waals surface area contributed by atoms with Crippen LogP contribution in [0.1, 0.15) is 28.0 Å². The number of aromatic nitrogens is 1. The summed E-state index contributed by atoms with van der Waals surface area (Å²) in [6, 6.07) is 18.6. The predicted molar refractivity (Wildman–Crippen MR) is 110 cm³/mol. The molecule has 0 N–H and O–H groups in total. The van der Waals surface area contributed by atoms with Crippen molar-refractivity contribution in [3.63, 3.8) is 0 Å². The summed E-state index contributed by atoms with van der Waals surface area (Å²) in [5, 5.41) is 0. The first-order chi connectivity index (χ1) is 14.3. The van der Waals surface area contributed by atoms with Crippen LogP contribution in [0.3, 0.4) is 0 Å². The molecule has 0 radical (unpaired) electrons. The molecule has 2 heterocycles. The number of ketones is 1. The van der Waals surface area contributed by atoms with E-state index < -0.39 is 0 Å². The second-order valence-electron chi connectivity index (χ2n) is 6.56. The Hall–Kier alpha value is -3.60. The number of hydrogen-bond donors (Lipinski definition) is 0. The summed E-state index contributed by atoms with van der Waals surface area (Å²) >= 11 is 0. The lowest BCUT2D eigenvalue weighted by atomic mass is 10.1. The van der Waals surface area contributed by atoms with Gasteiger partial charge in [0.05, 0.1) is 18.9 Å². The SMILES string of the molecule is O=C(C=Cc1ccccc1OCc1ccccn1)c1ccc2c(c1)OCCCO2. The van der Waals surface area contributed by atoms with Crippen LogP contribution in [-0.4, -0.2) is 24.0 Å². The van der Waals surface area contributed by atoms with Gasteiger partial charge >= 0.3 is 0 Å². The van der Waals surface area contributed by atoms with Crippen LogP contribution in [0, 0.1) is 0 Å². The van der Waals surface area contributed by atoms with Crippen LogP contribution < -0.4 is 14.2 Å². The zero-order valence-electron chi connectivity index (χ0n) is 15.9. The fourth-order valence-corrected chi connectivity index (χ4v) is 2.96. The molecule has 3 aromatic rings. The van der Waals surface area contributed by atoms with E-state index in [1.54, 1.807) is 36.5 Å². The standard InChI is InChI=1S/C24H21NO4/c26-21(19-10-12-23-24(16-19)28-15-5-14-27-23)11-9-18-6-1-2-8-22(18)29-17-20-7-3-4-13-25-20/h1-4,6-13,16H,5,14-15,17H2. The molecule has 0 aliphatic carbocycles. The van der Waals surface area contributed by atoms with E-state index in [4.69, 9.17) is 14.2 Å². The maximum Gasteiger partial charge on any atom is 0.185 e. The number of nitrogens with zero attached hydrogens (tertiary/aromatic N) is 1. The number of carbonyl (C=O) groups is 1. The molecular weight excluding hydrogens is 366 g/mol. The third-order valence-electron chi connectivity index (χ3n) is 4.47. The van der Waals surface area contributed by atoms with Gasteiger partial charge in [-0.1, -0.05) is 24.3 Å². The molecule has 5 heteroatoms. The molecule has 0 saturated heterocycles. The van der Waals surface area contributed by atoms with E-state index in [1.165, 1.54) is 0 Å². The highest BCUT2D eigenvalue weighted by atomic mass is 16.5. The van der Waals surface area contributed by atoms with Crippen molar-refractivity contribution in [3.8, 4) is 17.2 Å². The van der Waals surface area contributed by atoms with E-state index in [9.17, 15) is 4.79 Å². The van der Waals surface area contributed by atoms with E-state index in [1.807, 2.05) is 42.5 Å². The van der Waals surface area contributed by atoms with Crippen molar-refractivity contribution in [2.75, 3.05) is 13.2 Å².